The number of benzene rings is 2. The zero-order valence-electron chi connectivity index (χ0n) is 13.1. The summed E-state index contributed by atoms with van der Waals surface area (Å²) in [6.45, 7) is 0.205. The van der Waals surface area contributed by atoms with Gasteiger partial charge in [-0.15, -0.1) is 0 Å². The largest absolute Gasteiger partial charge is 0.331 e. The van der Waals surface area contributed by atoms with E-state index in [4.69, 9.17) is 47.0 Å². The van der Waals surface area contributed by atoms with E-state index in [0.29, 0.717) is 37.2 Å². The molecule has 4 nitrogen and oxygen atoms in total. The molecule has 26 heavy (non-hydrogen) atoms. The maximum Gasteiger partial charge on any atom is 0.176 e. The second kappa shape index (κ2) is 8.22. The third-order valence-electron chi connectivity index (χ3n) is 3.44. The smallest absolute Gasteiger partial charge is 0.176 e. The average molecular weight is 430 g/mol. The Morgan fingerprint density at radius 1 is 1.08 bits per heavy atom. The molecular formula is C17H12Cl3FN4S. The SMILES string of the molecule is Fc1cccc(Cl)c1Cn1ccc(NC(=S)Nc2ccc(Cl)cc2Cl)n1. The standard InChI is InChI=1S/C17H12Cl3FN4S/c18-10-4-5-15(13(20)8-10)22-17(26)23-16-6-7-25(24-16)9-11-12(19)2-1-3-14(11)21/h1-8H,9H2,(H2,22,23,24,26). The van der Waals surface area contributed by atoms with E-state index in [2.05, 4.69) is 15.7 Å². The lowest BCUT2D eigenvalue weighted by Gasteiger charge is -2.10. The van der Waals surface area contributed by atoms with Crippen molar-refractivity contribution in [1.29, 1.82) is 0 Å². The van der Waals surface area contributed by atoms with Crippen LogP contribution in [0, 0.1) is 5.82 Å². The summed E-state index contributed by atoms with van der Waals surface area (Å²) in [7, 11) is 0. The van der Waals surface area contributed by atoms with Gasteiger partial charge in [0.25, 0.3) is 0 Å². The number of nitrogens with zero attached hydrogens (tertiary/aromatic N) is 2. The van der Waals surface area contributed by atoms with Gasteiger partial charge in [0.05, 0.1) is 17.3 Å². The first-order valence-corrected chi connectivity index (χ1v) is 8.96. The van der Waals surface area contributed by atoms with Crippen molar-refractivity contribution >= 4 is 63.6 Å². The molecule has 2 N–H and O–H groups in total. The molecule has 0 aliphatic carbocycles. The number of anilines is 2. The van der Waals surface area contributed by atoms with Gasteiger partial charge < -0.3 is 10.6 Å². The Balaban J connectivity index is 1.65. The van der Waals surface area contributed by atoms with Crippen molar-refractivity contribution < 1.29 is 4.39 Å². The van der Waals surface area contributed by atoms with E-state index in [1.54, 1.807) is 47.3 Å². The molecule has 1 heterocycles. The van der Waals surface area contributed by atoms with Crippen molar-refractivity contribution in [1.82, 2.24) is 9.78 Å². The fourth-order valence-corrected chi connectivity index (χ4v) is 3.12. The van der Waals surface area contributed by atoms with Crippen LogP contribution in [0.3, 0.4) is 0 Å². The summed E-state index contributed by atoms with van der Waals surface area (Å²) < 4.78 is 15.4. The first-order valence-electron chi connectivity index (χ1n) is 7.42. The molecule has 9 heteroatoms. The minimum absolute atomic E-state index is 0.205. The molecule has 0 aliphatic heterocycles. The Bertz CT molecular complexity index is 941. The van der Waals surface area contributed by atoms with Crippen LogP contribution < -0.4 is 10.6 Å². The number of thiocarbonyl (C=S) groups is 1. The minimum atomic E-state index is -0.378. The predicted octanol–water partition coefficient (Wildman–Crippen LogP) is 5.84. The summed E-state index contributed by atoms with van der Waals surface area (Å²) in [6.07, 6.45) is 1.70. The molecule has 0 radical (unpaired) electrons. The molecule has 0 fully saturated rings. The van der Waals surface area contributed by atoms with Crippen LogP contribution in [0.5, 0.6) is 0 Å². The molecular weight excluding hydrogens is 418 g/mol. The first-order chi connectivity index (χ1) is 12.4. The minimum Gasteiger partial charge on any atom is -0.331 e. The molecule has 0 atom stereocenters. The van der Waals surface area contributed by atoms with E-state index >= 15 is 0 Å². The zero-order valence-corrected chi connectivity index (χ0v) is 16.2. The number of hydrogen-bond acceptors (Lipinski definition) is 2. The van der Waals surface area contributed by atoms with E-state index in [0.717, 1.165) is 0 Å². The van der Waals surface area contributed by atoms with Gasteiger partial charge in [-0.3, -0.25) is 4.68 Å². The van der Waals surface area contributed by atoms with Gasteiger partial charge in [0, 0.05) is 27.9 Å². The molecule has 3 rings (SSSR count). The molecule has 0 bridgehead atoms. The van der Waals surface area contributed by atoms with Crippen LogP contribution in [-0.2, 0) is 6.54 Å². The second-order valence-electron chi connectivity index (χ2n) is 5.30. The Morgan fingerprint density at radius 3 is 2.62 bits per heavy atom. The summed E-state index contributed by atoms with van der Waals surface area (Å²) in [5.41, 5.74) is 0.989. The van der Waals surface area contributed by atoms with Gasteiger partial charge in [-0.2, -0.15) is 5.10 Å². The maximum absolute atomic E-state index is 13.9. The van der Waals surface area contributed by atoms with Crippen molar-refractivity contribution in [3.8, 4) is 0 Å². The molecule has 0 spiro atoms. The third kappa shape index (κ3) is 4.65. The third-order valence-corrected chi connectivity index (χ3v) is 4.55. The van der Waals surface area contributed by atoms with Gasteiger partial charge in [-0.05, 0) is 42.5 Å². The quantitative estimate of drug-likeness (QED) is 0.511. The van der Waals surface area contributed by atoms with Crippen LogP contribution in [0.15, 0.2) is 48.7 Å². The van der Waals surface area contributed by atoms with Crippen LogP contribution in [0.2, 0.25) is 15.1 Å². The van der Waals surface area contributed by atoms with Crippen molar-refractivity contribution in [3.63, 3.8) is 0 Å². The summed E-state index contributed by atoms with van der Waals surface area (Å²) in [5, 5.41) is 11.8. The summed E-state index contributed by atoms with van der Waals surface area (Å²) in [4.78, 5) is 0. The first kappa shape index (κ1) is 18.9. The van der Waals surface area contributed by atoms with Gasteiger partial charge in [0.15, 0.2) is 10.9 Å². The topological polar surface area (TPSA) is 41.9 Å². The van der Waals surface area contributed by atoms with Crippen molar-refractivity contribution in [2.45, 2.75) is 6.54 Å². The second-order valence-corrected chi connectivity index (χ2v) is 6.96. The Morgan fingerprint density at radius 2 is 1.88 bits per heavy atom. The van der Waals surface area contributed by atoms with E-state index in [9.17, 15) is 4.39 Å². The van der Waals surface area contributed by atoms with Crippen LogP contribution in [0.4, 0.5) is 15.9 Å². The molecule has 0 amide bonds. The lowest BCUT2D eigenvalue weighted by molar-refractivity contribution is 0.586. The summed E-state index contributed by atoms with van der Waals surface area (Å²) in [6, 6.07) is 11.3. The zero-order chi connectivity index (χ0) is 18.7. The lowest BCUT2D eigenvalue weighted by atomic mass is 10.2. The van der Waals surface area contributed by atoms with Gasteiger partial charge >= 0.3 is 0 Å². The average Bonchev–Trinajstić information content (AvgIpc) is 3.01. The highest BCUT2D eigenvalue weighted by Gasteiger charge is 2.10. The summed E-state index contributed by atoms with van der Waals surface area (Å²) in [5.74, 6) is 0.122. The number of nitrogens with one attached hydrogen (secondary N) is 2. The van der Waals surface area contributed by atoms with Gasteiger partial charge in [0.2, 0.25) is 0 Å². The molecule has 0 unspecified atom stereocenters. The Kier molecular flexibility index (Phi) is 5.98. The fraction of sp³-hybridized carbons (Fsp3) is 0.0588. The van der Waals surface area contributed by atoms with Crippen LogP contribution in [0.1, 0.15) is 5.56 Å². The van der Waals surface area contributed by atoms with E-state index in [1.165, 1.54) is 6.07 Å². The molecule has 3 aromatic rings. The highest BCUT2D eigenvalue weighted by atomic mass is 35.5. The van der Waals surface area contributed by atoms with Gasteiger partial charge in [0.1, 0.15) is 5.82 Å². The highest BCUT2D eigenvalue weighted by molar-refractivity contribution is 7.80. The number of aromatic nitrogens is 2. The van der Waals surface area contributed by atoms with E-state index in [1.807, 2.05) is 0 Å². The monoisotopic (exact) mass is 428 g/mol. The van der Waals surface area contributed by atoms with Crippen molar-refractivity contribution in [3.05, 3.63) is 75.1 Å². The normalized spacial score (nSPS) is 10.6. The number of halogens is 4. The van der Waals surface area contributed by atoms with Crippen LogP contribution in [0.25, 0.3) is 0 Å². The van der Waals surface area contributed by atoms with E-state index < -0.39 is 0 Å². The van der Waals surface area contributed by atoms with Crippen LogP contribution >= 0.6 is 47.0 Å². The van der Waals surface area contributed by atoms with Gasteiger partial charge in [-0.25, -0.2) is 4.39 Å². The van der Waals surface area contributed by atoms with E-state index in [-0.39, 0.29) is 12.4 Å². The fourth-order valence-electron chi connectivity index (χ4n) is 2.22. The lowest BCUT2D eigenvalue weighted by Crippen LogP contribution is -2.19. The molecule has 2 aromatic carbocycles. The molecule has 1 aromatic heterocycles. The van der Waals surface area contributed by atoms with Gasteiger partial charge in [-0.1, -0.05) is 40.9 Å². The Hall–Kier alpha value is -1.86. The number of hydrogen-bond donors (Lipinski definition) is 2. The molecule has 0 aliphatic rings. The number of rotatable bonds is 4. The summed E-state index contributed by atoms with van der Waals surface area (Å²) >= 11 is 23.2. The van der Waals surface area contributed by atoms with Crippen molar-refractivity contribution in [2.75, 3.05) is 10.6 Å². The Labute approximate surface area is 169 Å². The van der Waals surface area contributed by atoms with Crippen LogP contribution in [-0.4, -0.2) is 14.9 Å². The molecule has 0 saturated heterocycles. The van der Waals surface area contributed by atoms with Crippen molar-refractivity contribution in [2.24, 2.45) is 0 Å². The molecule has 0 saturated carbocycles. The molecule has 134 valence electrons. The highest BCUT2D eigenvalue weighted by Crippen LogP contribution is 2.25. The maximum atomic E-state index is 13.9. The predicted molar refractivity (Wildman–Crippen MR) is 109 cm³/mol.